The van der Waals surface area contributed by atoms with E-state index in [4.69, 9.17) is 0 Å². The fourth-order valence-corrected chi connectivity index (χ4v) is 4.03. The van der Waals surface area contributed by atoms with Crippen LogP contribution in [0.2, 0.25) is 0 Å². The lowest BCUT2D eigenvalue weighted by Crippen LogP contribution is -2.62. The van der Waals surface area contributed by atoms with Crippen LogP contribution in [0.25, 0.3) is 0 Å². The molecule has 2 fully saturated rings. The zero-order valence-corrected chi connectivity index (χ0v) is 13.7. The molecule has 0 radical (unpaired) electrons. The average Bonchev–Trinajstić information content (AvgIpc) is 2.57. The van der Waals surface area contributed by atoms with E-state index in [0.717, 1.165) is 5.56 Å². The SMILES string of the molecule is C/C=C/C(=O)NC1C(=O)NC2CCC(F)CC2C1c1ccccc1. The van der Waals surface area contributed by atoms with Gasteiger partial charge in [0.2, 0.25) is 11.8 Å². The topological polar surface area (TPSA) is 58.2 Å². The summed E-state index contributed by atoms with van der Waals surface area (Å²) >= 11 is 0. The molecule has 2 N–H and O–H groups in total. The van der Waals surface area contributed by atoms with Gasteiger partial charge >= 0.3 is 0 Å². The van der Waals surface area contributed by atoms with Gasteiger partial charge in [-0.25, -0.2) is 4.39 Å². The van der Waals surface area contributed by atoms with Crippen molar-refractivity contribution >= 4 is 11.8 Å². The number of amides is 2. The molecule has 4 nitrogen and oxygen atoms in total. The van der Waals surface area contributed by atoms with Crippen molar-refractivity contribution in [2.75, 3.05) is 0 Å². The van der Waals surface area contributed by atoms with Crippen molar-refractivity contribution in [3.05, 3.63) is 48.0 Å². The van der Waals surface area contributed by atoms with E-state index >= 15 is 0 Å². The van der Waals surface area contributed by atoms with Crippen LogP contribution in [-0.4, -0.2) is 30.1 Å². The molecule has 1 saturated carbocycles. The van der Waals surface area contributed by atoms with Gasteiger partial charge in [-0.15, -0.1) is 0 Å². The third-order valence-corrected chi connectivity index (χ3v) is 5.07. The lowest BCUT2D eigenvalue weighted by molar-refractivity contribution is -0.132. The van der Waals surface area contributed by atoms with E-state index in [9.17, 15) is 14.0 Å². The Morgan fingerprint density at radius 3 is 2.75 bits per heavy atom. The first-order valence-electron chi connectivity index (χ1n) is 8.52. The van der Waals surface area contributed by atoms with Crippen molar-refractivity contribution in [3.63, 3.8) is 0 Å². The number of hydrogen-bond acceptors (Lipinski definition) is 2. The molecular formula is C19H23FN2O2. The summed E-state index contributed by atoms with van der Waals surface area (Å²) in [7, 11) is 0. The fourth-order valence-electron chi connectivity index (χ4n) is 4.03. The van der Waals surface area contributed by atoms with Crippen LogP contribution in [0.3, 0.4) is 0 Å². The maximum Gasteiger partial charge on any atom is 0.244 e. The zero-order chi connectivity index (χ0) is 17.1. The highest BCUT2D eigenvalue weighted by atomic mass is 19.1. The van der Waals surface area contributed by atoms with E-state index in [0.29, 0.717) is 19.3 Å². The van der Waals surface area contributed by atoms with Gasteiger partial charge in [-0.05, 0) is 43.7 Å². The molecule has 0 bridgehead atoms. The van der Waals surface area contributed by atoms with E-state index in [1.165, 1.54) is 6.08 Å². The van der Waals surface area contributed by atoms with Gasteiger partial charge < -0.3 is 10.6 Å². The molecule has 1 aliphatic heterocycles. The lowest BCUT2D eigenvalue weighted by atomic mass is 9.67. The second-order valence-corrected chi connectivity index (χ2v) is 6.61. The van der Waals surface area contributed by atoms with Crippen molar-refractivity contribution in [2.24, 2.45) is 5.92 Å². The minimum absolute atomic E-state index is 0.00949. The van der Waals surface area contributed by atoms with Crippen LogP contribution in [0.15, 0.2) is 42.5 Å². The Labute approximate surface area is 141 Å². The smallest absolute Gasteiger partial charge is 0.244 e. The first-order valence-corrected chi connectivity index (χ1v) is 8.52. The summed E-state index contributed by atoms with van der Waals surface area (Å²) in [6.45, 7) is 1.75. The Hall–Kier alpha value is -2.17. The molecule has 1 heterocycles. The number of alkyl halides is 1. The zero-order valence-electron chi connectivity index (χ0n) is 13.7. The number of benzene rings is 1. The van der Waals surface area contributed by atoms with E-state index in [1.807, 2.05) is 30.3 Å². The molecule has 1 saturated heterocycles. The predicted octanol–water partition coefficient (Wildman–Crippen LogP) is 2.47. The van der Waals surface area contributed by atoms with Gasteiger partial charge in [0.15, 0.2) is 0 Å². The number of carbonyl (C=O) groups excluding carboxylic acids is 2. The highest BCUT2D eigenvalue weighted by Gasteiger charge is 2.47. The number of hydrogen-bond donors (Lipinski definition) is 2. The molecule has 1 aromatic carbocycles. The highest BCUT2D eigenvalue weighted by molar-refractivity contribution is 5.94. The van der Waals surface area contributed by atoms with Crippen LogP contribution in [0.4, 0.5) is 4.39 Å². The quantitative estimate of drug-likeness (QED) is 0.837. The van der Waals surface area contributed by atoms with E-state index < -0.39 is 12.2 Å². The maximum absolute atomic E-state index is 14.0. The third-order valence-electron chi connectivity index (χ3n) is 5.07. The van der Waals surface area contributed by atoms with Gasteiger partial charge in [0.05, 0.1) is 0 Å². The van der Waals surface area contributed by atoms with Gasteiger partial charge in [0, 0.05) is 12.0 Å². The molecule has 0 spiro atoms. The molecule has 24 heavy (non-hydrogen) atoms. The monoisotopic (exact) mass is 330 g/mol. The predicted molar refractivity (Wildman–Crippen MR) is 90.1 cm³/mol. The maximum atomic E-state index is 14.0. The minimum atomic E-state index is -0.848. The summed E-state index contributed by atoms with van der Waals surface area (Å²) < 4.78 is 14.0. The van der Waals surface area contributed by atoms with Gasteiger partial charge in [-0.3, -0.25) is 9.59 Å². The summed E-state index contributed by atoms with van der Waals surface area (Å²) in [6.07, 6.45) is 3.74. The van der Waals surface area contributed by atoms with Crippen molar-refractivity contribution in [2.45, 2.75) is 50.4 Å². The van der Waals surface area contributed by atoms with Crippen LogP contribution in [0, 0.1) is 5.92 Å². The fraction of sp³-hybridized carbons (Fsp3) is 0.474. The Bertz CT molecular complexity index is 632. The van der Waals surface area contributed by atoms with Crippen molar-refractivity contribution in [3.8, 4) is 0 Å². The summed E-state index contributed by atoms with van der Waals surface area (Å²) in [6, 6.07) is 8.95. The van der Waals surface area contributed by atoms with E-state index in [1.54, 1.807) is 13.0 Å². The molecule has 5 atom stereocenters. The molecular weight excluding hydrogens is 307 g/mol. The second-order valence-electron chi connectivity index (χ2n) is 6.61. The van der Waals surface area contributed by atoms with Gasteiger partial charge in [-0.1, -0.05) is 36.4 Å². The largest absolute Gasteiger partial charge is 0.351 e. The molecule has 2 aliphatic rings. The van der Waals surface area contributed by atoms with Crippen LogP contribution in [0.1, 0.15) is 37.7 Å². The highest BCUT2D eigenvalue weighted by Crippen LogP contribution is 2.42. The van der Waals surface area contributed by atoms with Crippen molar-refractivity contribution in [1.82, 2.24) is 10.6 Å². The molecule has 3 rings (SSSR count). The van der Waals surface area contributed by atoms with Crippen LogP contribution in [-0.2, 0) is 9.59 Å². The molecule has 5 unspecified atom stereocenters. The van der Waals surface area contributed by atoms with E-state index in [-0.39, 0.29) is 29.7 Å². The minimum Gasteiger partial charge on any atom is -0.351 e. The van der Waals surface area contributed by atoms with Crippen LogP contribution < -0.4 is 10.6 Å². The Morgan fingerprint density at radius 1 is 1.29 bits per heavy atom. The first kappa shape index (κ1) is 16.7. The van der Waals surface area contributed by atoms with Crippen LogP contribution in [0.5, 0.6) is 0 Å². The second kappa shape index (κ2) is 7.16. The standard InChI is InChI=1S/C19H23FN2O2/c1-2-6-16(23)22-18-17(12-7-4-3-5-8-12)14-11-13(20)9-10-15(14)21-19(18)24/h2-8,13-15,17-18H,9-11H2,1H3,(H,21,24)(H,22,23)/b6-2+. The summed E-state index contributed by atoms with van der Waals surface area (Å²) in [5, 5.41) is 5.80. The third kappa shape index (κ3) is 3.35. The first-order chi connectivity index (χ1) is 11.6. The Kier molecular flexibility index (Phi) is 4.97. The lowest BCUT2D eigenvalue weighted by Gasteiger charge is -2.46. The molecule has 5 heteroatoms. The summed E-state index contributed by atoms with van der Waals surface area (Å²) in [5.41, 5.74) is 0.974. The summed E-state index contributed by atoms with van der Waals surface area (Å²) in [5.74, 6) is -0.702. The van der Waals surface area contributed by atoms with Crippen molar-refractivity contribution < 1.29 is 14.0 Å². The number of allylic oxidation sites excluding steroid dienone is 1. The van der Waals surface area contributed by atoms with Gasteiger partial charge in [-0.2, -0.15) is 0 Å². The number of carbonyl (C=O) groups is 2. The normalized spacial score (nSPS) is 32.9. The summed E-state index contributed by atoms with van der Waals surface area (Å²) in [4.78, 5) is 24.6. The van der Waals surface area contributed by atoms with E-state index in [2.05, 4.69) is 10.6 Å². The molecule has 1 aromatic rings. The van der Waals surface area contributed by atoms with Gasteiger partial charge in [0.25, 0.3) is 0 Å². The number of halogens is 1. The number of nitrogens with one attached hydrogen (secondary N) is 2. The number of fused-ring (bicyclic) bond motifs is 1. The Balaban J connectivity index is 1.95. The van der Waals surface area contributed by atoms with Gasteiger partial charge in [0.1, 0.15) is 12.2 Å². The Morgan fingerprint density at radius 2 is 2.04 bits per heavy atom. The van der Waals surface area contributed by atoms with Crippen molar-refractivity contribution in [1.29, 1.82) is 0 Å². The molecule has 0 aromatic heterocycles. The number of rotatable bonds is 3. The van der Waals surface area contributed by atoms with Crippen LogP contribution >= 0.6 is 0 Å². The molecule has 2 amide bonds. The molecule has 128 valence electrons. The average molecular weight is 330 g/mol. The number of piperidine rings is 1. The molecule has 1 aliphatic carbocycles.